The molecular weight excluding hydrogens is 466 g/mol. The summed E-state index contributed by atoms with van der Waals surface area (Å²) >= 11 is 0. The van der Waals surface area contributed by atoms with Crippen molar-refractivity contribution in [2.24, 2.45) is 11.3 Å². The Morgan fingerprint density at radius 2 is 1.51 bits per heavy atom. The standard InChI is InChI=1S/C31H40O2P2/c1-20-14-23(4)29-27(16-20)26(18-22(3)19-31(6,7)8)28-17-21(2)15-24(5)30(28)34-35(32,33-29)25-12-10-9-11-13-25/h9-17,22,26,34H,18-19H2,1-8H3. The SMILES string of the molecule is Cc1cc(C)c2c(c1)C(CC(C)CC(C)(C)C)c1cc(C)cc(C)c1PP(=O)(c1ccccc1)O2. The van der Waals surface area contributed by atoms with Gasteiger partial charge in [0.25, 0.3) is 7.06 Å². The maximum absolute atomic E-state index is 14.7. The van der Waals surface area contributed by atoms with Crippen LogP contribution in [0.25, 0.3) is 0 Å². The maximum atomic E-state index is 14.7. The highest BCUT2D eigenvalue weighted by molar-refractivity contribution is 8.29. The molecule has 0 N–H and O–H groups in total. The first-order valence-corrected chi connectivity index (χ1v) is 16.2. The summed E-state index contributed by atoms with van der Waals surface area (Å²) in [5.74, 6) is 1.59. The molecule has 186 valence electrons. The predicted octanol–water partition coefficient (Wildman–Crippen LogP) is 8.73. The summed E-state index contributed by atoms with van der Waals surface area (Å²) in [4.78, 5) is 0. The van der Waals surface area contributed by atoms with Crippen LogP contribution in [0.2, 0.25) is 0 Å². The normalized spacial score (nSPS) is 21.4. The Morgan fingerprint density at radius 1 is 0.914 bits per heavy atom. The molecule has 3 aromatic carbocycles. The van der Waals surface area contributed by atoms with Crippen molar-refractivity contribution in [2.75, 3.05) is 0 Å². The second-order valence-electron chi connectivity index (χ2n) is 11.8. The van der Waals surface area contributed by atoms with Crippen LogP contribution in [0.5, 0.6) is 5.75 Å². The first-order chi connectivity index (χ1) is 16.4. The maximum Gasteiger partial charge on any atom is 0.297 e. The third-order valence-electron chi connectivity index (χ3n) is 6.88. The molecule has 0 spiro atoms. The van der Waals surface area contributed by atoms with Crippen molar-refractivity contribution in [1.29, 1.82) is 0 Å². The summed E-state index contributed by atoms with van der Waals surface area (Å²) in [7, 11) is -3.06. The first-order valence-electron chi connectivity index (χ1n) is 12.7. The molecule has 4 rings (SSSR count). The molecule has 3 aromatic rings. The number of fused-ring (bicyclic) bond motifs is 2. The van der Waals surface area contributed by atoms with Crippen molar-refractivity contribution in [3.8, 4) is 5.75 Å². The van der Waals surface area contributed by atoms with E-state index in [-0.39, 0.29) is 19.6 Å². The van der Waals surface area contributed by atoms with Gasteiger partial charge >= 0.3 is 0 Å². The van der Waals surface area contributed by atoms with Crippen LogP contribution in [-0.2, 0) is 4.57 Å². The smallest absolute Gasteiger partial charge is 0.297 e. The van der Waals surface area contributed by atoms with Crippen LogP contribution in [0.3, 0.4) is 0 Å². The first kappa shape index (κ1) is 26.2. The topological polar surface area (TPSA) is 26.3 Å². The number of aryl methyl sites for hydroxylation is 4. The molecule has 1 heterocycles. The molecule has 35 heavy (non-hydrogen) atoms. The van der Waals surface area contributed by atoms with Gasteiger partial charge in [-0.15, -0.1) is 0 Å². The lowest BCUT2D eigenvalue weighted by molar-refractivity contribution is 0.290. The molecule has 0 amide bonds. The van der Waals surface area contributed by atoms with Gasteiger partial charge in [-0.3, -0.25) is 4.57 Å². The number of rotatable bonds is 4. The van der Waals surface area contributed by atoms with Crippen molar-refractivity contribution in [3.05, 3.63) is 88.0 Å². The Morgan fingerprint density at radius 3 is 2.14 bits per heavy atom. The third-order valence-corrected chi connectivity index (χ3v) is 12.1. The second-order valence-corrected chi connectivity index (χ2v) is 16.8. The van der Waals surface area contributed by atoms with E-state index in [2.05, 4.69) is 79.7 Å². The average Bonchev–Trinajstić information content (AvgIpc) is 2.74. The van der Waals surface area contributed by atoms with E-state index in [1.54, 1.807) is 0 Å². The van der Waals surface area contributed by atoms with E-state index in [0.29, 0.717) is 5.92 Å². The molecule has 4 unspecified atom stereocenters. The number of hydrogen-bond donors (Lipinski definition) is 0. The highest BCUT2D eigenvalue weighted by atomic mass is 32.1. The molecule has 0 aromatic heterocycles. The zero-order chi connectivity index (χ0) is 25.5. The van der Waals surface area contributed by atoms with Gasteiger partial charge < -0.3 is 4.52 Å². The van der Waals surface area contributed by atoms with E-state index < -0.39 is 7.06 Å². The van der Waals surface area contributed by atoms with E-state index in [9.17, 15) is 4.57 Å². The zero-order valence-corrected chi connectivity index (χ0v) is 24.4. The quantitative estimate of drug-likeness (QED) is 0.331. The van der Waals surface area contributed by atoms with Crippen LogP contribution < -0.4 is 15.1 Å². The van der Waals surface area contributed by atoms with E-state index in [1.165, 1.54) is 33.1 Å². The van der Waals surface area contributed by atoms with Gasteiger partial charge in [0.2, 0.25) is 0 Å². The molecule has 0 fully saturated rings. The highest BCUT2D eigenvalue weighted by Crippen LogP contribution is 2.65. The van der Waals surface area contributed by atoms with Crippen LogP contribution >= 0.6 is 15.3 Å². The molecule has 0 saturated heterocycles. The van der Waals surface area contributed by atoms with Crippen molar-refractivity contribution in [1.82, 2.24) is 0 Å². The Labute approximate surface area is 214 Å². The Hall–Kier alpha value is -1.88. The summed E-state index contributed by atoms with van der Waals surface area (Å²) in [5.41, 5.74) is 7.59. The summed E-state index contributed by atoms with van der Waals surface area (Å²) in [6.45, 7) is 18.0. The van der Waals surface area contributed by atoms with E-state index in [0.717, 1.165) is 29.5 Å². The van der Waals surface area contributed by atoms with Crippen LogP contribution in [0.15, 0.2) is 54.6 Å². The number of hydrogen-bond acceptors (Lipinski definition) is 2. The molecule has 1 aliphatic heterocycles. The molecule has 1 aliphatic rings. The van der Waals surface area contributed by atoms with Gasteiger partial charge in [-0.25, -0.2) is 0 Å². The van der Waals surface area contributed by atoms with Gasteiger partial charge in [-0.2, -0.15) is 0 Å². The Kier molecular flexibility index (Phi) is 7.39. The van der Waals surface area contributed by atoms with E-state index in [1.807, 2.05) is 30.3 Å². The highest BCUT2D eigenvalue weighted by Gasteiger charge is 2.37. The fourth-order valence-corrected chi connectivity index (χ4v) is 11.1. The van der Waals surface area contributed by atoms with Crippen LogP contribution in [0.1, 0.15) is 79.8 Å². The molecular formula is C31H40O2P2. The summed E-state index contributed by atoms with van der Waals surface area (Å²) in [5, 5.41) is 2.02. The predicted molar refractivity (Wildman–Crippen MR) is 154 cm³/mol. The van der Waals surface area contributed by atoms with Crippen LogP contribution in [-0.4, -0.2) is 0 Å². The largest absolute Gasteiger partial charge is 0.437 e. The van der Waals surface area contributed by atoms with Gasteiger partial charge in [0.1, 0.15) is 5.75 Å². The summed E-state index contributed by atoms with van der Waals surface area (Å²) < 4.78 is 21.4. The second kappa shape index (κ2) is 9.88. The third kappa shape index (κ3) is 5.76. The molecule has 0 bridgehead atoms. The monoisotopic (exact) mass is 506 g/mol. The molecule has 4 atom stereocenters. The van der Waals surface area contributed by atoms with Crippen molar-refractivity contribution in [3.63, 3.8) is 0 Å². The summed E-state index contributed by atoms with van der Waals surface area (Å²) in [6.07, 6.45) is 2.21. The van der Waals surface area contributed by atoms with Gasteiger partial charge in [0.05, 0.1) is 5.30 Å². The Bertz CT molecular complexity index is 1210. The van der Waals surface area contributed by atoms with Gasteiger partial charge in [0.15, 0.2) is 0 Å². The fourth-order valence-electron chi connectivity index (χ4n) is 5.79. The molecule has 2 nitrogen and oxygen atoms in total. The lowest BCUT2D eigenvalue weighted by Crippen LogP contribution is -2.23. The number of benzene rings is 3. The van der Waals surface area contributed by atoms with Crippen molar-refractivity contribution in [2.45, 2.75) is 74.1 Å². The minimum absolute atomic E-state index is 0.0894. The van der Waals surface area contributed by atoms with Crippen molar-refractivity contribution >= 4 is 25.9 Å². The lowest BCUT2D eigenvalue weighted by atomic mass is 9.77. The average molecular weight is 507 g/mol. The van der Waals surface area contributed by atoms with Crippen LogP contribution in [0.4, 0.5) is 0 Å². The lowest BCUT2D eigenvalue weighted by Gasteiger charge is -2.34. The molecule has 0 radical (unpaired) electrons. The minimum Gasteiger partial charge on any atom is -0.437 e. The molecule has 0 aliphatic carbocycles. The van der Waals surface area contributed by atoms with Crippen LogP contribution in [0, 0.1) is 39.0 Å². The Balaban J connectivity index is 1.98. The van der Waals surface area contributed by atoms with Crippen molar-refractivity contribution < 1.29 is 9.09 Å². The van der Waals surface area contributed by atoms with E-state index >= 15 is 0 Å². The zero-order valence-electron chi connectivity index (χ0n) is 22.5. The fraction of sp³-hybridized carbons (Fsp3) is 0.419. The molecule has 4 heteroatoms. The molecule has 0 saturated carbocycles. The van der Waals surface area contributed by atoms with Gasteiger partial charge in [-0.1, -0.05) is 81.3 Å². The van der Waals surface area contributed by atoms with Gasteiger partial charge in [0, 0.05) is 19.8 Å². The minimum atomic E-state index is -3.15. The van der Waals surface area contributed by atoms with Gasteiger partial charge in [-0.05, 0) is 86.0 Å². The van der Waals surface area contributed by atoms with E-state index in [4.69, 9.17) is 4.52 Å². The summed E-state index contributed by atoms with van der Waals surface area (Å²) in [6, 6.07) is 18.9.